The van der Waals surface area contributed by atoms with Crippen LogP contribution in [0.15, 0.2) is 71.6 Å². The first-order valence-electron chi connectivity index (χ1n) is 9.92. The smallest absolute Gasteiger partial charge is 0.241 e. The van der Waals surface area contributed by atoms with Crippen LogP contribution in [0.3, 0.4) is 0 Å². The van der Waals surface area contributed by atoms with Crippen molar-refractivity contribution in [1.82, 2.24) is 14.5 Å². The minimum atomic E-state index is -3.61. The zero-order valence-corrected chi connectivity index (χ0v) is 18.0. The Morgan fingerprint density at radius 1 is 1.10 bits per heavy atom. The lowest BCUT2D eigenvalue weighted by atomic mass is 9.96. The second kappa shape index (κ2) is 8.37. The van der Waals surface area contributed by atoms with Gasteiger partial charge in [0.1, 0.15) is 5.69 Å². The van der Waals surface area contributed by atoms with Gasteiger partial charge in [-0.1, -0.05) is 42.5 Å². The number of benzene rings is 2. The van der Waals surface area contributed by atoms with E-state index in [2.05, 4.69) is 9.82 Å². The Morgan fingerprint density at radius 3 is 2.48 bits per heavy atom. The van der Waals surface area contributed by atoms with Gasteiger partial charge in [-0.25, -0.2) is 23.0 Å². The van der Waals surface area contributed by atoms with E-state index in [4.69, 9.17) is 0 Å². The van der Waals surface area contributed by atoms with Crippen LogP contribution in [-0.4, -0.2) is 29.4 Å². The number of nitrogens with one attached hydrogen (secondary N) is 2. The number of aryl methyl sites for hydroxylation is 1. The second-order valence-electron chi connectivity index (χ2n) is 7.59. The number of rotatable bonds is 6. The number of hydrogen-bond donors (Lipinski definition) is 3. The molecule has 0 amide bonds. The Hall–Kier alpha value is -2.82. The average molecular weight is 441 g/mol. The first-order valence-corrected chi connectivity index (χ1v) is 11.4. The molecule has 4 rings (SSSR count). The van der Waals surface area contributed by atoms with Crippen molar-refractivity contribution < 1.29 is 18.9 Å². The van der Waals surface area contributed by atoms with Crippen LogP contribution >= 0.6 is 0 Å². The summed E-state index contributed by atoms with van der Waals surface area (Å²) in [6.07, 6.45) is 4.43. The van der Waals surface area contributed by atoms with Gasteiger partial charge in [-0.15, -0.1) is 0 Å². The third-order valence-electron chi connectivity index (χ3n) is 5.52. The maximum Gasteiger partial charge on any atom is 0.241 e. The van der Waals surface area contributed by atoms with Crippen LogP contribution in [0, 0.1) is 19.1 Å². The second-order valence-corrected chi connectivity index (χ2v) is 9.30. The van der Waals surface area contributed by atoms with E-state index in [1.807, 2.05) is 26.0 Å². The number of allylic oxidation sites excluding steroid dienone is 1. The Kier molecular flexibility index (Phi) is 5.78. The fraction of sp³-hybridized carbons (Fsp3) is 0.227. The first kappa shape index (κ1) is 21.4. The van der Waals surface area contributed by atoms with Crippen molar-refractivity contribution in [2.75, 3.05) is 0 Å². The lowest BCUT2D eigenvalue weighted by Crippen LogP contribution is -2.99. The Morgan fingerprint density at radius 2 is 1.77 bits per heavy atom. The maximum atomic E-state index is 12.6. The van der Waals surface area contributed by atoms with E-state index in [1.165, 1.54) is 0 Å². The molecule has 31 heavy (non-hydrogen) atoms. The molecule has 1 heterocycles. The summed E-state index contributed by atoms with van der Waals surface area (Å²) in [5.74, 6) is -0.0192. The van der Waals surface area contributed by atoms with Crippen molar-refractivity contribution in [2.24, 2.45) is 0 Å². The Labute approximate surface area is 181 Å². The molecule has 3 aromatic rings. The quantitative estimate of drug-likeness (QED) is 0.402. The molecular formula is C22H24N4O4S. The molecule has 0 saturated heterocycles. The number of para-hydroxylation sites is 2. The Bertz CT molecular complexity index is 1220. The highest BCUT2D eigenvalue weighted by molar-refractivity contribution is 7.89. The maximum absolute atomic E-state index is 12.6. The van der Waals surface area contributed by atoms with Gasteiger partial charge in [0.25, 0.3) is 0 Å². The van der Waals surface area contributed by atoms with Crippen molar-refractivity contribution >= 4 is 15.7 Å². The van der Waals surface area contributed by atoms with Gasteiger partial charge in [-0.05, 0) is 38.5 Å². The predicted octanol–water partition coefficient (Wildman–Crippen LogP) is 2.28. The third kappa shape index (κ3) is 4.18. The molecule has 0 spiro atoms. The van der Waals surface area contributed by atoms with Crippen molar-refractivity contribution in [3.05, 3.63) is 88.9 Å². The van der Waals surface area contributed by atoms with E-state index in [0.717, 1.165) is 17.0 Å². The highest BCUT2D eigenvalue weighted by Gasteiger charge is 2.29. The minimum absolute atomic E-state index is 0.0192. The SMILES string of the molecule is Cc1nn(-c2ccccc2[NH+]([O-])O)c(C)c1C1C=CC(NS(=O)(=O)c2ccccc2)C1. The van der Waals surface area contributed by atoms with Crippen molar-refractivity contribution in [2.45, 2.75) is 37.1 Å². The number of nitrogens with zero attached hydrogens (tertiary/aromatic N) is 2. The zero-order valence-electron chi connectivity index (χ0n) is 17.2. The molecule has 8 nitrogen and oxygen atoms in total. The average Bonchev–Trinajstić information content (AvgIpc) is 3.31. The van der Waals surface area contributed by atoms with Gasteiger partial charge in [-0.2, -0.15) is 10.3 Å². The van der Waals surface area contributed by atoms with E-state index in [9.17, 15) is 18.8 Å². The van der Waals surface area contributed by atoms with E-state index in [1.54, 1.807) is 59.3 Å². The molecule has 9 heteroatoms. The molecule has 3 N–H and O–H groups in total. The summed E-state index contributed by atoms with van der Waals surface area (Å²) in [6.45, 7) is 3.79. The molecule has 2 aromatic carbocycles. The van der Waals surface area contributed by atoms with Crippen molar-refractivity contribution in [1.29, 1.82) is 0 Å². The molecule has 0 bridgehead atoms. The summed E-state index contributed by atoms with van der Waals surface area (Å²) in [6, 6.07) is 14.7. The van der Waals surface area contributed by atoms with Gasteiger partial charge in [0, 0.05) is 29.3 Å². The summed E-state index contributed by atoms with van der Waals surface area (Å²) in [7, 11) is -3.61. The molecule has 1 aliphatic rings. The highest BCUT2D eigenvalue weighted by atomic mass is 32.2. The molecule has 3 atom stereocenters. The fourth-order valence-corrected chi connectivity index (χ4v) is 5.36. The lowest BCUT2D eigenvalue weighted by molar-refractivity contribution is -0.991. The van der Waals surface area contributed by atoms with Crippen molar-refractivity contribution in [3.63, 3.8) is 0 Å². The summed E-state index contributed by atoms with van der Waals surface area (Å²) in [5, 5.41) is 24.7. The number of quaternary nitrogens is 1. The number of sulfonamides is 1. The molecule has 1 aromatic heterocycles. The minimum Gasteiger partial charge on any atom is -0.595 e. The molecule has 0 saturated carbocycles. The van der Waals surface area contributed by atoms with Gasteiger partial charge in [0.2, 0.25) is 10.0 Å². The normalized spacial score (nSPS) is 19.6. The van der Waals surface area contributed by atoms with Gasteiger partial charge in [0.15, 0.2) is 5.69 Å². The van der Waals surface area contributed by atoms with Crippen LogP contribution in [0.1, 0.15) is 29.3 Å². The zero-order chi connectivity index (χ0) is 22.2. The monoisotopic (exact) mass is 440 g/mol. The molecule has 0 fully saturated rings. The van der Waals surface area contributed by atoms with Crippen LogP contribution in [0.4, 0.5) is 5.69 Å². The van der Waals surface area contributed by atoms with Gasteiger partial charge in [-0.3, -0.25) is 0 Å². The number of hydrogen-bond acceptors (Lipinski definition) is 5. The predicted molar refractivity (Wildman–Crippen MR) is 116 cm³/mol. The number of aromatic nitrogens is 2. The van der Waals surface area contributed by atoms with Crippen LogP contribution in [0.2, 0.25) is 0 Å². The van der Waals surface area contributed by atoms with E-state index >= 15 is 0 Å². The molecule has 162 valence electrons. The Balaban J connectivity index is 1.58. The molecule has 0 aliphatic heterocycles. The van der Waals surface area contributed by atoms with E-state index in [0.29, 0.717) is 12.1 Å². The third-order valence-corrected chi connectivity index (χ3v) is 7.03. The summed E-state index contributed by atoms with van der Waals surface area (Å²) in [4.78, 5) is 0.234. The van der Waals surface area contributed by atoms with E-state index in [-0.39, 0.29) is 22.5 Å². The van der Waals surface area contributed by atoms with Crippen LogP contribution < -0.4 is 9.95 Å². The topological polar surface area (TPSA) is 112 Å². The molecule has 3 unspecified atom stereocenters. The van der Waals surface area contributed by atoms with E-state index < -0.39 is 15.2 Å². The van der Waals surface area contributed by atoms with Crippen LogP contribution in [0.5, 0.6) is 0 Å². The first-order chi connectivity index (χ1) is 14.8. The summed E-state index contributed by atoms with van der Waals surface area (Å²) in [5.41, 5.74) is 3.30. The lowest BCUT2D eigenvalue weighted by Gasteiger charge is -2.17. The van der Waals surface area contributed by atoms with Crippen LogP contribution in [0.25, 0.3) is 5.69 Å². The molecule has 1 aliphatic carbocycles. The van der Waals surface area contributed by atoms with Crippen LogP contribution in [-0.2, 0) is 10.0 Å². The van der Waals surface area contributed by atoms with Crippen molar-refractivity contribution in [3.8, 4) is 5.69 Å². The standard InChI is InChI=1S/C22H24N4O4S/c1-15-22(16(2)25(23-15)20-10-6-7-11-21(20)26(27)28)17-12-13-18(14-17)24-31(29,30)19-8-4-3-5-9-19/h3-13,17-18,24,26-27H,14H2,1-2H3. The van der Waals surface area contributed by atoms with Gasteiger partial charge >= 0.3 is 0 Å². The molecule has 0 radical (unpaired) electrons. The summed E-state index contributed by atoms with van der Waals surface area (Å²) >= 11 is 0. The highest BCUT2D eigenvalue weighted by Crippen LogP contribution is 2.35. The van der Waals surface area contributed by atoms with Gasteiger partial charge in [0.05, 0.1) is 10.6 Å². The largest absolute Gasteiger partial charge is 0.595 e. The molecular weight excluding hydrogens is 416 g/mol. The fourth-order valence-electron chi connectivity index (χ4n) is 4.13. The van der Waals surface area contributed by atoms with Gasteiger partial charge < -0.3 is 5.21 Å². The summed E-state index contributed by atoms with van der Waals surface area (Å²) < 4.78 is 29.7.